The molecule has 0 saturated carbocycles. The van der Waals surface area contributed by atoms with Crippen LogP contribution in [0.4, 0.5) is 0 Å². The van der Waals surface area contributed by atoms with Crippen LogP contribution < -0.4 is 17.5 Å². The molecule has 0 aliphatic carbocycles. The summed E-state index contributed by atoms with van der Waals surface area (Å²) in [5, 5.41) is 10.8. The third-order valence-electron chi connectivity index (χ3n) is 4.43. The fraction of sp³-hybridized carbons (Fsp3) is 0.905. The number of aliphatic carboxylic acids is 1. The first-order valence-electron chi connectivity index (χ1n) is 10.4. The summed E-state index contributed by atoms with van der Waals surface area (Å²) in [5.41, 5.74) is 0. The second-order valence-electron chi connectivity index (χ2n) is 8.45. The van der Waals surface area contributed by atoms with Crippen molar-refractivity contribution in [3.8, 4) is 0 Å². The summed E-state index contributed by atoms with van der Waals surface area (Å²) in [6, 6.07) is 0. The highest BCUT2D eigenvalue weighted by molar-refractivity contribution is 5.70. The first kappa shape index (κ1) is 28.4. The molecule has 0 aromatic heterocycles. The van der Waals surface area contributed by atoms with Crippen molar-refractivity contribution in [2.75, 3.05) is 27.7 Å². The molecule has 6 heteroatoms. The van der Waals surface area contributed by atoms with Gasteiger partial charge in [-0.3, -0.25) is 4.79 Å². The Bertz CT molecular complexity index is 383. The molecular weight excluding hydrogens is 366 g/mol. The first-order chi connectivity index (χ1) is 12.2. The molecule has 1 atom stereocenters. The van der Waals surface area contributed by atoms with Crippen molar-refractivity contribution in [3.63, 3.8) is 0 Å². The molecule has 0 radical (unpaired) electrons. The Balaban J connectivity index is 0. The number of carboxylic acid groups (broad SMARTS) is 1. The molecule has 0 rings (SSSR count). The molecule has 0 amide bonds. The molecule has 0 spiro atoms. The fourth-order valence-corrected chi connectivity index (χ4v) is 3.12. The van der Waals surface area contributed by atoms with Crippen LogP contribution in [0.5, 0.6) is 0 Å². The summed E-state index contributed by atoms with van der Waals surface area (Å²) in [5.74, 6) is -1.47. The number of hydrogen-bond donors (Lipinski definition) is 0. The average molecular weight is 407 g/mol. The van der Waals surface area contributed by atoms with Gasteiger partial charge in [0.05, 0.1) is 21.1 Å². The standard InChI is InChI=1S/C21H41NO4.ClH/c1-5-6-7-8-9-10-11-12-13-14-15-16-21(25)26-19(17-20(23)24)18-22(2,3)4;/h19H,5-18H2,1-4H3;1H/p-1/t19-;/m1./s1. The summed E-state index contributed by atoms with van der Waals surface area (Å²) in [6.07, 6.45) is 13.1. The molecule has 0 aromatic carbocycles. The summed E-state index contributed by atoms with van der Waals surface area (Å²) < 4.78 is 5.90. The maximum Gasteiger partial charge on any atom is 0.306 e. The summed E-state index contributed by atoms with van der Waals surface area (Å²) in [6.45, 7) is 2.71. The number of halogens is 1. The van der Waals surface area contributed by atoms with Gasteiger partial charge in [0.2, 0.25) is 0 Å². The highest BCUT2D eigenvalue weighted by atomic mass is 35.5. The molecule has 0 aliphatic rings. The van der Waals surface area contributed by atoms with Gasteiger partial charge in [0, 0.05) is 18.8 Å². The predicted octanol–water partition coefficient (Wildman–Crippen LogP) is 0.450. The summed E-state index contributed by atoms with van der Waals surface area (Å²) in [7, 11) is 5.83. The lowest BCUT2D eigenvalue weighted by molar-refractivity contribution is -0.873. The molecule has 0 aromatic rings. The van der Waals surface area contributed by atoms with Gasteiger partial charge in [-0.2, -0.15) is 0 Å². The Morgan fingerprint density at radius 2 is 1.30 bits per heavy atom. The molecule has 0 unspecified atom stereocenters. The summed E-state index contributed by atoms with van der Waals surface area (Å²) in [4.78, 5) is 22.8. The van der Waals surface area contributed by atoms with E-state index < -0.39 is 12.1 Å². The van der Waals surface area contributed by atoms with E-state index in [9.17, 15) is 14.7 Å². The van der Waals surface area contributed by atoms with Crippen molar-refractivity contribution < 1.29 is 36.3 Å². The van der Waals surface area contributed by atoms with Crippen LogP contribution in [0.15, 0.2) is 0 Å². The lowest BCUT2D eigenvalue weighted by Gasteiger charge is -2.29. The van der Waals surface area contributed by atoms with Crippen LogP contribution in [0.25, 0.3) is 0 Å². The zero-order valence-corrected chi connectivity index (χ0v) is 18.7. The molecule has 0 saturated heterocycles. The van der Waals surface area contributed by atoms with Gasteiger partial charge in [-0.05, 0) is 6.42 Å². The molecule has 0 bridgehead atoms. The topological polar surface area (TPSA) is 66.4 Å². The number of carboxylic acids is 1. The number of rotatable bonds is 17. The Hall–Kier alpha value is -0.810. The second-order valence-corrected chi connectivity index (χ2v) is 8.45. The van der Waals surface area contributed by atoms with E-state index in [2.05, 4.69) is 6.92 Å². The minimum atomic E-state index is -1.18. The number of hydrogen-bond acceptors (Lipinski definition) is 4. The molecule has 0 heterocycles. The van der Waals surface area contributed by atoms with E-state index in [1.165, 1.54) is 51.4 Å². The smallest absolute Gasteiger partial charge is 0.306 e. The SMILES string of the molecule is CCCCCCCCCCCCCC(=O)O[C@H](CC(=O)[O-])C[N+](C)(C)C.[Cl-]. The largest absolute Gasteiger partial charge is 1.00 e. The van der Waals surface area contributed by atoms with Crippen LogP contribution in [0.3, 0.4) is 0 Å². The number of carbonyl (C=O) groups excluding carboxylic acids is 2. The van der Waals surface area contributed by atoms with Crippen LogP contribution >= 0.6 is 0 Å². The molecule has 27 heavy (non-hydrogen) atoms. The van der Waals surface area contributed by atoms with E-state index in [1.54, 1.807) is 0 Å². The Kier molecular flexibility index (Phi) is 18.2. The van der Waals surface area contributed by atoms with Crippen LogP contribution in [0.1, 0.15) is 90.4 Å². The van der Waals surface area contributed by atoms with Gasteiger partial charge in [0.1, 0.15) is 6.54 Å². The lowest BCUT2D eigenvalue weighted by Crippen LogP contribution is -3.00. The monoisotopic (exact) mass is 406 g/mol. The number of nitrogens with zero attached hydrogens (tertiary/aromatic N) is 1. The van der Waals surface area contributed by atoms with Crippen molar-refractivity contribution in [1.29, 1.82) is 0 Å². The van der Waals surface area contributed by atoms with E-state index in [0.29, 0.717) is 17.4 Å². The normalized spacial score (nSPS) is 12.3. The number of ether oxygens (including phenoxy) is 1. The minimum Gasteiger partial charge on any atom is -1.00 e. The Morgan fingerprint density at radius 1 is 0.852 bits per heavy atom. The van der Waals surface area contributed by atoms with E-state index in [-0.39, 0.29) is 24.8 Å². The third-order valence-corrected chi connectivity index (χ3v) is 4.43. The zero-order valence-electron chi connectivity index (χ0n) is 17.9. The van der Waals surface area contributed by atoms with Crippen LogP contribution in [-0.2, 0) is 14.3 Å². The van der Waals surface area contributed by atoms with E-state index >= 15 is 0 Å². The number of unbranched alkanes of at least 4 members (excludes halogenated alkanes) is 10. The Labute approximate surface area is 172 Å². The second kappa shape index (κ2) is 17.3. The molecule has 162 valence electrons. The quantitative estimate of drug-likeness (QED) is 0.200. The first-order valence-corrected chi connectivity index (χ1v) is 10.4. The van der Waals surface area contributed by atoms with E-state index in [4.69, 9.17) is 4.74 Å². The van der Waals surface area contributed by atoms with Crippen molar-refractivity contribution in [1.82, 2.24) is 0 Å². The highest BCUT2D eigenvalue weighted by Gasteiger charge is 2.22. The lowest BCUT2D eigenvalue weighted by atomic mass is 10.1. The average Bonchev–Trinajstić information content (AvgIpc) is 2.50. The van der Waals surface area contributed by atoms with E-state index in [1.807, 2.05) is 21.1 Å². The number of carbonyl (C=O) groups is 2. The van der Waals surface area contributed by atoms with Crippen LogP contribution in [0, 0.1) is 0 Å². The number of likely N-dealkylation sites (N-methyl/N-ethyl adjacent to an activating group) is 1. The van der Waals surface area contributed by atoms with Gasteiger partial charge in [-0.1, -0.05) is 71.1 Å². The van der Waals surface area contributed by atoms with Gasteiger partial charge in [0.15, 0.2) is 6.10 Å². The Morgan fingerprint density at radius 3 is 1.70 bits per heavy atom. The molecule has 5 nitrogen and oxygen atoms in total. The molecule has 0 aliphatic heterocycles. The predicted molar refractivity (Wildman–Crippen MR) is 103 cm³/mol. The van der Waals surface area contributed by atoms with Gasteiger partial charge in [-0.15, -0.1) is 0 Å². The fourth-order valence-electron chi connectivity index (χ4n) is 3.12. The molecule has 0 fully saturated rings. The van der Waals surface area contributed by atoms with Crippen LogP contribution in [0.2, 0.25) is 0 Å². The minimum absolute atomic E-state index is 0. The summed E-state index contributed by atoms with van der Waals surface area (Å²) >= 11 is 0. The van der Waals surface area contributed by atoms with Crippen molar-refractivity contribution in [2.45, 2.75) is 96.5 Å². The van der Waals surface area contributed by atoms with Crippen molar-refractivity contribution in [3.05, 3.63) is 0 Å². The van der Waals surface area contributed by atoms with Gasteiger partial charge < -0.3 is 31.5 Å². The molecule has 0 N–H and O–H groups in total. The molecular formula is C21H41ClNO4-. The van der Waals surface area contributed by atoms with E-state index in [0.717, 1.165) is 19.3 Å². The number of esters is 1. The third kappa shape index (κ3) is 21.3. The highest BCUT2D eigenvalue weighted by Crippen LogP contribution is 2.13. The van der Waals surface area contributed by atoms with Crippen molar-refractivity contribution in [2.24, 2.45) is 0 Å². The van der Waals surface area contributed by atoms with Crippen molar-refractivity contribution >= 4 is 11.9 Å². The maximum absolute atomic E-state index is 11.9. The van der Waals surface area contributed by atoms with Gasteiger partial charge in [0.25, 0.3) is 0 Å². The van der Waals surface area contributed by atoms with Gasteiger partial charge in [-0.25, -0.2) is 0 Å². The zero-order chi connectivity index (χ0) is 19.8. The van der Waals surface area contributed by atoms with Crippen LogP contribution in [-0.4, -0.2) is 50.2 Å². The number of quaternary nitrogens is 1. The van der Waals surface area contributed by atoms with Gasteiger partial charge >= 0.3 is 5.97 Å². The maximum atomic E-state index is 11.9.